The number of rotatable bonds is 2. The van der Waals surface area contributed by atoms with E-state index < -0.39 is 12.0 Å². The summed E-state index contributed by atoms with van der Waals surface area (Å²) in [4.78, 5) is 26.4. The van der Waals surface area contributed by atoms with Crippen LogP contribution in [0.5, 0.6) is 0 Å². The highest BCUT2D eigenvalue weighted by Crippen LogP contribution is 2.41. The average Bonchev–Trinajstić information content (AvgIpc) is 3.05. The van der Waals surface area contributed by atoms with E-state index in [-0.39, 0.29) is 11.8 Å². The molecule has 2 aliphatic heterocycles. The van der Waals surface area contributed by atoms with Crippen molar-refractivity contribution >= 4 is 35.4 Å². The molecular formula is C13H13NO3S2. The number of carbonyl (C=O) groups excluding carboxylic acids is 1. The topological polar surface area (TPSA) is 57.6 Å². The molecule has 100 valence electrons. The van der Waals surface area contributed by atoms with E-state index in [0.717, 1.165) is 10.5 Å². The van der Waals surface area contributed by atoms with E-state index >= 15 is 0 Å². The molecule has 0 radical (unpaired) electrons. The maximum atomic E-state index is 12.6. The summed E-state index contributed by atoms with van der Waals surface area (Å²) in [5, 5.41) is 9.16. The molecule has 0 bridgehead atoms. The van der Waals surface area contributed by atoms with Gasteiger partial charge < -0.3 is 10.0 Å². The van der Waals surface area contributed by atoms with Crippen molar-refractivity contribution in [1.82, 2.24) is 4.90 Å². The predicted octanol–water partition coefficient (Wildman–Crippen LogP) is 1.86. The Morgan fingerprint density at radius 2 is 2.05 bits per heavy atom. The zero-order valence-corrected chi connectivity index (χ0v) is 11.7. The Hall–Kier alpha value is -1.14. The van der Waals surface area contributed by atoms with Crippen LogP contribution in [0.15, 0.2) is 29.2 Å². The summed E-state index contributed by atoms with van der Waals surface area (Å²) in [6.07, 6.45) is 0. The second-order valence-electron chi connectivity index (χ2n) is 4.56. The number of hydrogen-bond donors (Lipinski definition) is 1. The first-order valence-electron chi connectivity index (χ1n) is 6.01. The molecule has 0 saturated carbocycles. The molecule has 1 fully saturated rings. The van der Waals surface area contributed by atoms with Crippen molar-refractivity contribution in [3.8, 4) is 0 Å². The van der Waals surface area contributed by atoms with Gasteiger partial charge in [0, 0.05) is 16.4 Å². The summed E-state index contributed by atoms with van der Waals surface area (Å²) in [6, 6.07) is 7.20. The molecule has 0 spiro atoms. The van der Waals surface area contributed by atoms with Gasteiger partial charge in [0.05, 0.1) is 11.8 Å². The minimum absolute atomic E-state index is 0.0464. The molecule has 3 rings (SSSR count). The molecular weight excluding hydrogens is 282 g/mol. The van der Waals surface area contributed by atoms with Crippen LogP contribution in [0.25, 0.3) is 0 Å². The van der Waals surface area contributed by atoms with Crippen molar-refractivity contribution in [2.24, 2.45) is 0 Å². The van der Waals surface area contributed by atoms with Crippen molar-refractivity contribution in [3.63, 3.8) is 0 Å². The summed E-state index contributed by atoms with van der Waals surface area (Å²) < 4.78 is 0. The number of amides is 1. The number of aliphatic carboxylic acids is 1. The lowest BCUT2D eigenvalue weighted by molar-refractivity contribution is -0.148. The molecule has 4 nitrogen and oxygen atoms in total. The third-order valence-electron chi connectivity index (χ3n) is 3.45. The van der Waals surface area contributed by atoms with Crippen LogP contribution in [0.2, 0.25) is 0 Å². The predicted molar refractivity (Wildman–Crippen MR) is 75.5 cm³/mol. The summed E-state index contributed by atoms with van der Waals surface area (Å²) in [6.45, 7) is 0. The summed E-state index contributed by atoms with van der Waals surface area (Å²) in [5.41, 5.74) is 1.04. The Balaban J connectivity index is 1.84. The summed E-state index contributed by atoms with van der Waals surface area (Å²) in [7, 11) is 0. The molecule has 1 aromatic rings. The van der Waals surface area contributed by atoms with Crippen LogP contribution >= 0.6 is 23.5 Å². The minimum atomic E-state index is -0.905. The Labute approximate surface area is 119 Å². The van der Waals surface area contributed by atoms with E-state index in [1.54, 1.807) is 11.8 Å². The molecule has 2 heterocycles. The van der Waals surface area contributed by atoms with Crippen LogP contribution in [0.3, 0.4) is 0 Å². The maximum absolute atomic E-state index is 12.6. The number of fused-ring (bicyclic) bond motifs is 1. The Morgan fingerprint density at radius 1 is 1.26 bits per heavy atom. The smallest absolute Gasteiger partial charge is 0.327 e. The third-order valence-corrected chi connectivity index (χ3v) is 5.64. The highest BCUT2D eigenvalue weighted by Gasteiger charge is 2.40. The molecule has 1 aromatic carbocycles. The van der Waals surface area contributed by atoms with E-state index in [0.29, 0.717) is 17.4 Å². The lowest BCUT2D eigenvalue weighted by Gasteiger charge is -2.24. The monoisotopic (exact) mass is 295 g/mol. The van der Waals surface area contributed by atoms with Crippen LogP contribution < -0.4 is 0 Å². The molecule has 6 heteroatoms. The first-order valence-corrected chi connectivity index (χ1v) is 8.15. The quantitative estimate of drug-likeness (QED) is 0.902. The zero-order chi connectivity index (χ0) is 13.4. The third kappa shape index (κ3) is 2.23. The molecule has 2 aliphatic rings. The summed E-state index contributed by atoms with van der Waals surface area (Å²) >= 11 is 3.18. The van der Waals surface area contributed by atoms with E-state index in [2.05, 4.69) is 0 Å². The van der Waals surface area contributed by atoms with Gasteiger partial charge in [-0.3, -0.25) is 4.79 Å². The molecule has 1 unspecified atom stereocenters. The van der Waals surface area contributed by atoms with Gasteiger partial charge in [-0.05, 0) is 11.6 Å². The van der Waals surface area contributed by atoms with E-state index in [9.17, 15) is 9.59 Å². The number of carboxylic acids is 1. The first-order chi connectivity index (χ1) is 9.18. The highest BCUT2D eigenvalue weighted by molar-refractivity contribution is 8.00. The fourth-order valence-corrected chi connectivity index (χ4v) is 4.81. The van der Waals surface area contributed by atoms with Crippen LogP contribution in [-0.4, -0.2) is 45.3 Å². The van der Waals surface area contributed by atoms with E-state index in [1.807, 2.05) is 24.3 Å². The SMILES string of the molecule is O=C(O)[C@@H]1CSCN1C(=O)C1CSc2ccccc21. The average molecular weight is 295 g/mol. The number of carboxylic acid groups (broad SMARTS) is 1. The fraction of sp³-hybridized carbons (Fsp3) is 0.385. The number of nitrogens with zero attached hydrogens (tertiary/aromatic N) is 1. The lowest BCUT2D eigenvalue weighted by Crippen LogP contribution is -2.44. The lowest BCUT2D eigenvalue weighted by atomic mass is 9.99. The van der Waals surface area contributed by atoms with Crippen molar-refractivity contribution in [3.05, 3.63) is 29.8 Å². The Kier molecular flexibility index (Phi) is 3.45. The highest BCUT2D eigenvalue weighted by atomic mass is 32.2. The first kappa shape index (κ1) is 12.9. The number of benzene rings is 1. The van der Waals surface area contributed by atoms with Gasteiger partial charge in [-0.15, -0.1) is 23.5 Å². The van der Waals surface area contributed by atoms with Crippen molar-refractivity contribution in [2.75, 3.05) is 17.4 Å². The molecule has 0 aliphatic carbocycles. The van der Waals surface area contributed by atoms with Crippen LogP contribution in [-0.2, 0) is 9.59 Å². The van der Waals surface area contributed by atoms with Crippen LogP contribution in [0.1, 0.15) is 11.5 Å². The Bertz CT molecular complexity index is 534. The van der Waals surface area contributed by atoms with Gasteiger partial charge in [-0.2, -0.15) is 0 Å². The van der Waals surface area contributed by atoms with Crippen molar-refractivity contribution < 1.29 is 14.7 Å². The second kappa shape index (κ2) is 5.09. The molecule has 19 heavy (non-hydrogen) atoms. The maximum Gasteiger partial charge on any atom is 0.327 e. The number of carbonyl (C=O) groups is 2. The van der Waals surface area contributed by atoms with Gasteiger partial charge in [-0.25, -0.2) is 4.79 Å². The summed E-state index contributed by atoms with van der Waals surface area (Å²) in [5.74, 6) is 0.543. The largest absolute Gasteiger partial charge is 0.480 e. The molecule has 2 atom stereocenters. The molecule has 1 amide bonds. The van der Waals surface area contributed by atoms with Gasteiger partial charge in [0.2, 0.25) is 5.91 Å². The Morgan fingerprint density at radius 3 is 2.84 bits per heavy atom. The zero-order valence-electron chi connectivity index (χ0n) is 10.1. The minimum Gasteiger partial charge on any atom is -0.480 e. The van der Waals surface area contributed by atoms with Gasteiger partial charge in [0.1, 0.15) is 6.04 Å². The van der Waals surface area contributed by atoms with Crippen molar-refractivity contribution in [1.29, 1.82) is 0 Å². The standard InChI is InChI=1S/C13H13NO3S2/c15-12(14-7-18-6-10(14)13(16)17)9-5-19-11-4-2-1-3-8(9)11/h1-4,9-10H,5-7H2,(H,16,17)/t9?,10-/m0/s1. The fourth-order valence-electron chi connectivity index (χ4n) is 2.43. The van der Waals surface area contributed by atoms with E-state index in [4.69, 9.17) is 5.11 Å². The number of thioether (sulfide) groups is 2. The van der Waals surface area contributed by atoms with Gasteiger partial charge in [-0.1, -0.05) is 18.2 Å². The molecule has 0 aromatic heterocycles. The molecule has 1 saturated heterocycles. The van der Waals surface area contributed by atoms with Crippen LogP contribution in [0, 0.1) is 0 Å². The van der Waals surface area contributed by atoms with Gasteiger partial charge in [0.15, 0.2) is 0 Å². The van der Waals surface area contributed by atoms with Crippen LogP contribution in [0.4, 0.5) is 0 Å². The number of hydrogen-bond acceptors (Lipinski definition) is 4. The van der Waals surface area contributed by atoms with Gasteiger partial charge >= 0.3 is 5.97 Å². The van der Waals surface area contributed by atoms with Crippen molar-refractivity contribution in [2.45, 2.75) is 16.9 Å². The molecule has 1 N–H and O–H groups in total. The van der Waals surface area contributed by atoms with E-state index in [1.165, 1.54) is 16.7 Å². The van der Waals surface area contributed by atoms with Gasteiger partial charge in [0.25, 0.3) is 0 Å². The normalized spacial score (nSPS) is 25.4. The second-order valence-corrected chi connectivity index (χ2v) is 6.62.